The fourth-order valence-electron chi connectivity index (χ4n) is 2.41. The number of hydrogen-bond donors (Lipinski definition) is 0. The van der Waals surface area contributed by atoms with Crippen molar-refractivity contribution in [2.45, 2.75) is 17.4 Å². The average molecular weight is 277 g/mol. The first kappa shape index (κ1) is 13.0. The zero-order valence-electron chi connectivity index (χ0n) is 11.0. The van der Waals surface area contributed by atoms with Crippen LogP contribution < -0.4 is 0 Å². The van der Waals surface area contributed by atoms with Crippen LogP contribution in [0.2, 0.25) is 0 Å². The summed E-state index contributed by atoms with van der Waals surface area (Å²) >= 11 is 1.92. The van der Waals surface area contributed by atoms with Crippen molar-refractivity contribution in [2.24, 2.45) is 5.92 Å². The molecule has 0 N–H and O–H groups in total. The Labute approximate surface area is 118 Å². The maximum Gasteiger partial charge on any atom is 0.227 e. The van der Waals surface area contributed by atoms with Gasteiger partial charge in [0.05, 0.1) is 19.1 Å². The quantitative estimate of drug-likeness (QED) is 0.845. The summed E-state index contributed by atoms with van der Waals surface area (Å²) in [6.07, 6.45) is 1.05. The van der Waals surface area contributed by atoms with E-state index in [2.05, 4.69) is 24.3 Å². The van der Waals surface area contributed by atoms with Gasteiger partial charge in [-0.05, 0) is 12.0 Å². The average Bonchev–Trinajstić information content (AvgIpc) is 3.26. The maximum atomic E-state index is 12.2. The molecule has 1 saturated heterocycles. The molecule has 1 aromatic carbocycles. The highest BCUT2D eigenvalue weighted by molar-refractivity contribution is 7.99. The van der Waals surface area contributed by atoms with Gasteiger partial charge in [0.2, 0.25) is 5.91 Å². The predicted octanol–water partition coefficient (Wildman–Crippen LogP) is 2.17. The van der Waals surface area contributed by atoms with Gasteiger partial charge in [0.1, 0.15) is 0 Å². The molecule has 1 aliphatic carbocycles. The van der Waals surface area contributed by atoms with Crippen LogP contribution in [0.5, 0.6) is 0 Å². The van der Waals surface area contributed by atoms with Crippen LogP contribution in [-0.2, 0) is 15.3 Å². The van der Waals surface area contributed by atoms with Crippen LogP contribution >= 0.6 is 11.8 Å². The van der Waals surface area contributed by atoms with E-state index in [1.807, 2.05) is 22.7 Å². The first-order valence-electron chi connectivity index (χ1n) is 6.86. The summed E-state index contributed by atoms with van der Waals surface area (Å²) in [5.74, 6) is 1.61. The highest BCUT2D eigenvalue weighted by Gasteiger charge is 2.45. The molecule has 3 rings (SSSR count). The normalized spacial score (nSPS) is 26.2. The molecule has 0 bridgehead atoms. The van der Waals surface area contributed by atoms with E-state index in [0.717, 1.165) is 25.3 Å². The van der Waals surface area contributed by atoms with Crippen molar-refractivity contribution in [1.82, 2.24) is 4.90 Å². The molecular formula is C15H19NO2S. The van der Waals surface area contributed by atoms with Gasteiger partial charge in [-0.1, -0.05) is 30.3 Å². The summed E-state index contributed by atoms with van der Waals surface area (Å²) in [6.45, 7) is 2.93. The van der Waals surface area contributed by atoms with Crippen molar-refractivity contribution in [2.75, 3.05) is 26.3 Å². The second-order valence-corrected chi connectivity index (χ2v) is 6.34. The van der Waals surface area contributed by atoms with E-state index < -0.39 is 0 Å². The smallest absolute Gasteiger partial charge is 0.227 e. The Balaban J connectivity index is 1.44. The van der Waals surface area contributed by atoms with Gasteiger partial charge in [-0.2, -0.15) is 11.8 Å². The Hall–Kier alpha value is -1.00. The van der Waals surface area contributed by atoms with E-state index in [4.69, 9.17) is 4.74 Å². The summed E-state index contributed by atoms with van der Waals surface area (Å²) in [4.78, 5) is 14.2. The van der Waals surface area contributed by atoms with Crippen molar-refractivity contribution in [3.05, 3.63) is 35.9 Å². The molecule has 4 heteroatoms. The number of amides is 1. The first-order valence-corrected chi connectivity index (χ1v) is 7.91. The number of ether oxygens (including phenoxy) is 1. The van der Waals surface area contributed by atoms with Gasteiger partial charge in [0.25, 0.3) is 0 Å². The molecule has 19 heavy (non-hydrogen) atoms. The van der Waals surface area contributed by atoms with Gasteiger partial charge in [0, 0.05) is 24.1 Å². The van der Waals surface area contributed by atoms with Crippen molar-refractivity contribution < 1.29 is 9.53 Å². The molecule has 2 fully saturated rings. The maximum absolute atomic E-state index is 12.2. The van der Waals surface area contributed by atoms with E-state index in [0.29, 0.717) is 24.4 Å². The number of carbonyl (C=O) groups excluding carboxylic acids is 1. The van der Waals surface area contributed by atoms with Gasteiger partial charge in [-0.15, -0.1) is 0 Å². The van der Waals surface area contributed by atoms with Crippen LogP contribution in [0.1, 0.15) is 12.0 Å². The van der Waals surface area contributed by atoms with E-state index in [1.165, 1.54) is 5.56 Å². The van der Waals surface area contributed by atoms with E-state index in [-0.39, 0.29) is 5.92 Å². The fraction of sp³-hybridized carbons (Fsp3) is 0.533. The van der Waals surface area contributed by atoms with Gasteiger partial charge in [-0.25, -0.2) is 0 Å². The minimum absolute atomic E-state index is 0.256. The van der Waals surface area contributed by atoms with Crippen LogP contribution in [0.25, 0.3) is 0 Å². The molecule has 2 atom stereocenters. The monoisotopic (exact) mass is 277 g/mol. The van der Waals surface area contributed by atoms with Crippen LogP contribution in [0.3, 0.4) is 0 Å². The van der Waals surface area contributed by atoms with Crippen LogP contribution in [-0.4, -0.2) is 42.4 Å². The third-order valence-electron chi connectivity index (χ3n) is 3.68. The molecular weight excluding hydrogens is 258 g/mol. The summed E-state index contributed by atoms with van der Waals surface area (Å²) in [7, 11) is 0. The number of thioether (sulfide) groups is 1. The predicted molar refractivity (Wildman–Crippen MR) is 77.0 cm³/mol. The number of carbonyl (C=O) groups is 1. The second kappa shape index (κ2) is 5.97. The van der Waals surface area contributed by atoms with Crippen LogP contribution in [0.15, 0.2) is 30.3 Å². The SMILES string of the molecule is O=C([C@H]1C[C@@H]1SCc1ccccc1)N1CCOCC1. The summed E-state index contributed by atoms with van der Waals surface area (Å²) in [6, 6.07) is 10.5. The molecule has 102 valence electrons. The van der Waals surface area contributed by atoms with Crippen molar-refractivity contribution in [1.29, 1.82) is 0 Å². The second-order valence-electron chi connectivity index (χ2n) is 5.11. The Morgan fingerprint density at radius 2 is 2.00 bits per heavy atom. The highest BCUT2D eigenvalue weighted by atomic mass is 32.2. The Morgan fingerprint density at radius 1 is 1.26 bits per heavy atom. The third-order valence-corrected chi connectivity index (χ3v) is 5.13. The largest absolute Gasteiger partial charge is 0.378 e. The Morgan fingerprint density at radius 3 is 2.74 bits per heavy atom. The zero-order chi connectivity index (χ0) is 13.1. The van der Waals surface area contributed by atoms with Crippen LogP contribution in [0, 0.1) is 5.92 Å². The number of rotatable bonds is 4. The molecule has 0 unspecified atom stereocenters. The molecule has 0 aromatic heterocycles. The number of nitrogens with zero attached hydrogens (tertiary/aromatic N) is 1. The third kappa shape index (κ3) is 3.31. The molecule has 1 saturated carbocycles. The fourth-order valence-corrected chi connectivity index (χ4v) is 3.70. The lowest BCUT2D eigenvalue weighted by Crippen LogP contribution is -2.41. The van der Waals surface area contributed by atoms with Gasteiger partial charge in [0.15, 0.2) is 0 Å². The minimum atomic E-state index is 0.256. The summed E-state index contributed by atoms with van der Waals surface area (Å²) < 4.78 is 5.28. The van der Waals surface area contributed by atoms with Crippen molar-refractivity contribution in [3.8, 4) is 0 Å². The molecule has 0 spiro atoms. The van der Waals surface area contributed by atoms with E-state index in [9.17, 15) is 4.79 Å². The molecule has 1 amide bonds. The summed E-state index contributed by atoms with van der Waals surface area (Å²) in [5.41, 5.74) is 1.34. The Kier molecular flexibility index (Phi) is 4.09. The zero-order valence-corrected chi connectivity index (χ0v) is 11.8. The lowest BCUT2D eigenvalue weighted by atomic mass is 10.2. The molecule has 0 radical (unpaired) electrons. The lowest BCUT2D eigenvalue weighted by molar-refractivity contribution is -0.136. The molecule has 1 aromatic rings. The first-order chi connectivity index (χ1) is 9.34. The van der Waals surface area contributed by atoms with E-state index >= 15 is 0 Å². The lowest BCUT2D eigenvalue weighted by Gasteiger charge is -2.27. The number of hydrogen-bond acceptors (Lipinski definition) is 3. The van der Waals surface area contributed by atoms with Crippen molar-refractivity contribution in [3.63, 3.8) is 0 Å². The Bertz CT molecular complexity index is 431. The van der Waals surface area contributed by atoms with Crippen molar-refractivity contribution >= 4 is 17.7 Å². The van der Waals surface area contributed by atoms with Gasteiger partial charge < -0.3 is 9.64 Å². The van der Waals surface area contributed by atoms with Gasteiger partial charge in [-0.3, -0.25) is 4.79 Å². The number of morpholine rings is 1. The van der Waals surface area contributed by atoms with Gasteiger partial charge >= 0.3 is 0 Å². The highest BCUT2D eigenvalue weighted by Crippen LogP contribution is 2.44. The molecule has 3 nitrogen and oxygen atoms in total. The molecule has 1 heterocycles. The molecule has 2 aliphatic rings. The number of benzene rings is 1. The summed E-state index contributed by atoms with van der Waals surface area (Å²) in [5, 5.41) is 0.524. The topological polar surface area (TPSA) is 29.5 Å². The minimum Gasteiger partial charge on any atom is -0.378 e. The standard InChI is InChI=1S/C15H19NO2S/c17-15(16-6-8-18-9-7-16)13-10-14(13)19-11-12-4-2-1-3-5-12/h1-5,13-14H,6-11H2/t13-,14-/m0/s1. The van der Waals surface area contributed by atoms with E-state index in [1.54, 1.807) is 0 Å². The molecule has 1 aliphatic heterocycles. The van der Waals surface area contributed by atoms with Crippen LogP contribution in [0.4, 0.5) is 0 Å².